The maximum atomic E-state index is 12.6. The number of nitrogens with zero attached hydrogens (tertiary/aromatic N) is 2. The summed E-state index contributed by atoms with van der Waals surface area (Å²) in [5, 5.41) is 3.95. The second-order valence-corrected chi connectivity index (χ2v) is 7.70. The van der Waals surface area contributed by atoms with Crippen molar-refractivity contribution in [3.8, 4) is 5.75 Å². The highest BCUT2D eigenvalue weighted by Crippen LogP contribution is 2.24. The SMILES string of the molecule is COc1ccc(C(NC(=O)CCc2c(C)nc(SC)nc2C)C(C)C)cc1. The molecule has 0 bridgehead atoms. The summed E-state index contributed by atoms with van der Waals surface area (Å²) >= 11 is 1.53. The number of carbonyl (C=O) groups is 1. The summed E-state index contributed by atoms with van der Waals surface area (Å²) in [7, 11) is 1.65. The van der Waals surface area contributed by atoms with E-state index in [0.29, 0.717) is 12.8 Å². The molecule has 1 atom stereocenters. The van der Waals surface area contributed by atoms with E-state index in [2.05, 4.69) is 29.1 Å². The average Bonchev–Trinajstić information content (AvgIpc) is 2.65. The minimum atomic E-state index is -0.0271. The number of methoxy groups -OCH3 is 1. The smallest absolute Gasteiger partial charge is 0.220 e. The van der Waals surface area contributed by atoms with Crippen LogP contribution in [0, 0.1) is 19.8 Å². The Morgan fingerprint density at radius 2 is 1.74 bits per heavy atom. The summed E-state index contributed by atoms with van der Waals surface area (Å²) in [6.07, 6.45) is 3.03. The molecule has 2 rings (SSSR count). The Bertz CT molecular complexity index is 752. The first-order valence-corrected chi connectivity index (χ1v) is 10.4. The Balaban J connectivity index is 2.04. The third-order valence-corrected chi connectivity index (χ3v) is 5.19. The predicted octanol–water partition coefficient (Wildman–Crippen LogP) is 4.27. The Hall–Kier alpha value is -2.08. The van der Waals surface area contributed by atoms with Gasteiger partial charge in [0, 0.05) is 17.8 Å². The molecular weight excluding hydrogens is 358 g/mol. The van der Waals surface area contributed by atoms with E-state index in [4.69, 9.17) is 4.74 Å². The Kier molecular flexibility index (Phi) is 7.66. The normalized spacial score (nSPS) is 12.1. The molecule has 0 radical (unpaired) electrons. The molecule has 1 aromatic heterocycles. The molecule has 0 aliphatic rings. The third-order valence-electron chi connectivity index (χ3n) is 4.64. The fraction of sp³-hybridized carbons (Fsp3) is 0.476. The first-order valence-electron chi connectivity index (χ1n) is 9.17. The van der Waals surface area contributed by atoms with Gasteiger partial charge in [-0.2, -0.15) is 0 Å². The first-order chi connectivity index (χ1) is 12.8. The van der Waals surface area contributed by atoms with Gasteiger partial charge in [-0.05, 0) is 55.7 Å². The lowest BCUT2D eigenvalue weighted by Crippen LogP contribution is -2.32. The van der Waals surface area contributed by atoms with Gasteiger partial charge in [-0.1, -0.05) is 37.7 Å². The minimum absolute atomic E-state index is 0.0271. The van der Waals surface area contributed by atoms with Crippen molar-refractivity contribution in [1.29, 1.82) is 0 Å². The third kappa shape index (κ3) is 5.70. The van der Waals surface area contributed by atoms with E-state index in [1.54, 1.807) is 7.11 Å². The van der Waals surface area contributed by atoms with Crippen LogP contribution in [0.3, 0.4) is 0 Å². The van der Waals surface area contributed by atoms with E-state index in [9.17, 15) is 4.79 Å². The number of thioether (sulfide) groups is 1. The molecule has 1 unspecified atom stereocenters. The Morgan fingerprint density at radius 1 is 1.15 bits per heavy atom. The minimum Gasteiger partial charge on any atom is -0.497 e. The van der Waals surface area contributed by atoms with Crippen LogP contribution in [0.15, 0.2) is 29.4 Å². The number of ether oxygens (including phenoxy) is 1. The summed E-state index contributed by atoms with van der Waals surface area (Å²) in [5.74, 6) is 1.14. The van der Waals surface area contributed by atoms with Crippen LogP contribution in [0.4, 0.5) is 0 Å². The van der Waals surface area contributed by atoms with Crippen molar-refractivity contribution in [2.45, 2.75) is 51.7 Å². The molecule has 0 aliphatic heterocycles. The van der Waals surface area contributed by atoms with Gasteiger partial charge in [-0.3, -0.25) is 4.79 Å². The highest BCUT2D eigenvalue weighted by atomic mass is 32.2. The molecule has 0 spiro atoms. The zero-order valence-electron chi connectivity index (χ0n) is 17.0. The molecule has 1 amide bonds. The van der Waals surface area contributed by atoms with Crippen LogP contribution in [0.2, 0.25) is 0 Å². The van der Waals surface area contributed by atoms with Crippen LogP contribution < -0.4 is 10.1 Å². The highest BCUT2D eigenvalue weighted by molar-refractivity contribution is 7.98. The molecule has 0 fully saturated rings. The van der Waals surface area contributed by atoms with E-state index in [1.165, 1.54) is 11.8 Å². The number of nitrogens with one attached hydrogen (secondary N) is 1. The maximum Gasteiger partial charge on any atom is 0.220 e. The molecule has 27 heavy (non-hydrogen) atoms. The fourth-order valence-electron chi connectivity index (χ4n) is 3.09. The number of benzene rings is 1. The number of rotatable bonds is 8. The molecule has 1 aromatic carbocycles. The van der Waals surface area contributed by atoms with Crippen LogP contribution in [0.5, 0.6) is 5.75 Å². The van der Waals surface area contributed by atoms with Crippen molar-refractivity contribution < 1.29 is 9.53 Å². The van der Waals surface area contributed by atoms with Crippen molar-refractivity contribution in [3.63, 3.8) is 0 Å². The summed E-state index contributed by atoms with van der Waals surface area (Å²) < 4.78 is 5.22. The van der Waals surface area contributed by atoms with Crippen LogP contribution in [0.25, 0.3) is 0 Å². The summed E-state index contributed by atoms with van der Waals surface area (Å²) in [4.78, 5) is 21.6. The summed E-state index contributed by atoms with van der Waals surface area (Å²) in [6.45, 7) is 8.18. The molecular formula is C21H29N3O2S. The lowest BCUT2D eigenvalue weighted by molar-refractivity contribution is -0.122. The second kappa shape index (κ2) is 9.74. The number of hydrogen-bond acceptors (Lipinski definition) is 5. The number of carbonyl (C=O) groups excluding carboxylic acids is 1. The van der Waals surface area contributed by atoms with Gasteiger partial charge in [0.2, 0.25) is 5.91 Å². The predicted molar refractivity (Wildman–Crippen MR) is 110 cm³/mol. The van der Waals surface area contributed by atoms with E-state index < -0.39 is 0 Å². The molecule has 5 nitrogen and oxygen atoms in total. The zero-order valence-corrected chi connectivity index (χ0v) is 17.8. The molecule has 0 saturated heterocycles. The van der Waals surface area contributed by atoms with Crippen molar-refractivity contribution in [3.05, 3.63) is 46.8 Å². The number of amides is 1. The van der Waals surface area contributed by atoms with E-state index >= 15 is 0 Å². The zero-order chi connectivity index (χ0) is 20.0. The standard InChI is InChI=1S/C21H29N3O2S/c1-13(2)20(16-7-9-17(26-5)10-8-16)24-19(25)12-11-18-14(3)22-21(27-6)23-15(18)4/h7-10,13,20H,11-12H2,1-6H3,(H,24,25). The molecule has 6 heteroatoms. The molecule has 2 aromatic rings. The maximum absolute atomic E-state index is 12.6. The molecule has 0 aliphatic carbocycles. The van der Waals surface area contributed by atoms with Crippen LogP contribution >= 0.6 is 11.8 Å². The van der Waals surface area contributed by atoms with Gasteiger partial charge in [-0.25, -0.2) is 9.97 Å². The topological polar surface area (TPSA) is 64.1 Å². The van der Waals surface area contributed by atoms with Crippen LogP contribution in [-0.4, -0.2) is 29.2 Å². The quantitative estimate of drug-likeness (QED) is 0.541. The molecule has 0 saturated carbocycles. The monoisotopic (exact) mass is 387 g/mol. The van der Waals surface area contributed by atoms with E-state index in [-0.39, 0.29) is 17.9 Å². The van der Waals surface area contributed by atoms with Crippen molar-refractivity contribution >= 4 is 17.7 Å². The average molecular weight is 388 g/mol. The summed E-state index contributed by atoms with van der Waals surface area (Å²) in [6, 6.07) is 7.84. The van der Waals surface area contributed by atoms with Crippen molar-refractivity contribution in [2.75, 3.05) is 13.4 Å². The largest absolute Gasteiger partial charge is 0.497 e. The highest BCUT2D eigenvalue weighted by Gasteiger charge is 2.19. The Morgan fingerprint density at radius 3 is 2.22 bits per heavy atom. The van der Waals surface area contributed by atoms with Gasteiger partial charge in [0.25, 0.3) is 0 Å². The van der Waals surface area contributed by atoms with Crippen LogP contribution in [-0.2, 0) is 11.2 Å². The van der Waals surface area contributed by atoms with Gasteiger partial charge < -0.3 is 10.1 Å². The van der Waals surface area contributed by atoms with E-state index in [1.807, 2.05) is 44.4 Å². The Labute approximate surface area is 166 Å². The number of aryl methyl sites for hydroxylation is 2. The molecule has 146 valence electrons. The number of aromatic nitrogens is 2. The van der Waals surface area contributed by atoms with Gasteiger partial charge in [0.1, 0.15) is 5.75 Å². The van der Waals surface area contributed by atoms with Crippen molar-refractivity contribution in [2.24, 2.45) is 5.92 Å². The number of hydrogen-bond donors (Lipinski definition) is 1. The first kappa shape index (κ1) is 21.2. The lowest BCUT2D eigenvalue weighted by Gasteiger charge is -2.23. The van der Waals surface area contributed by atoms with Crippen molar-refractivity contribution in [1.82, 2.24) is 15.3 Å². The summed E-state index contributed by atoms with van der Waals surface area (Å²) in [5.41, 5.74) is 4.05. The molecule has 1 heterocycles. The van der Waals surface area contributed by atoms with Gasteiger partial charge in [0.05, 0.1) is 13.2 Å². The van der Waals surface area contributed by atoms with Gasteiger partial charge in [-0.15, -0.1) is 0 Å². The van der Waals surface area contributed by atoms with Gasteiger partial charge >= 0.3 is 0 Å². The van der Waals surface area contributed by atoms with E-state index in [0.717, 1.165) is 33.4 Å². The fourth-order valence-corrected chi connectivity index (χ4v) is 3.55. The second-order valence-electron chi connectivity index (χ2n) is 6.92. The van der Waals surface area contributed by atoms with Crippen LogP contribution in [0.1, 0.15) is 48.8 Å². The molecule has 1 N–H and O–H groups in total. The van der Waals surface area contributed by atoms with Gasteiger partial charge in [0.15, 0.2) is 5.16 Å². The lowest BCUT2D eigenvalue weighted by atomic mass is 9.95.